The maximum Gasteiger partial charge on any atom is 0.497 e. The van der Waals surface area contributed by atoms with Crippen LogP contribution < -0.4 is 5.46 Å². The monoisotopic (exact) mass is 304 g/mol. The zero-order valence-corrected chi connectivity index (χ0v) is 12.6. The SMILES string of the molecule is CC1(C)OB(c2ccc(N=C=O)c(F)c2N=C=O)OC1(C)C. The summed E-state index contributed by atoms with van der Waals surface area (Å²) in [4.78, 5) is 27.4. The van der Waals surface area contributed by atoms with Gasteiger partial charge in [0.2, 0.25) is 12.2 Å². The molecule has 114 valence electrons. The minimum absolute atomic E-state index is 0.226. The molecule has 8 heteroatoms. The molecule has 1 saturated heterocycles. The highest BCUT2D eigenvalue weighted by atomic mass is 19.1. The fourth-order valence-corrected chi connectivity index (χ4v) is 2.02. The van der Waals surface area contributed by atoms with Crippen LogP contribution in [-0.4, -0.2) is 30.5 Å². The third kappa shape index (κ3) is 2.65. The fourth-order valence-electron chi connectivity index (χ4n) is 2.02. The normalized spacial score (nSPS) is 18.5. The summed E-state index contributed by atoms with van der Waals surface area (Å²) in [5, 5.41) is 0. The van der Waals surface area contributed by atoms with Gasteiger partial charge in [0.1, 0.15) is 11.4 Å². The van der Waals surface area contributed by atoms with Gasteiger partial charge in [-0.15, -0.1) is 0 Å². The highest BCUT2D eigenvalue weighted by Crippen LogP contribution is 2.38. The first-order valence-corrected chi connectivity index (χ1v) is 6.57. The highest BCUT2D eigenvalue weighted by Gasteiger charge is 2.52. The first-order chi connectivity index (χ1) is 10.2. The van der Waals surface area contributed by atoms with Gasteiger partial charge in [-0.05, 0) is 33.8 Å². The number of carbonyl (C=O) groups excluding carboxylic acids is 2. The van der Waals surface area contributed by atoms with Crippen LogP contribution in [0.1, 0.15) is 27.7 Å². The van der Waals surface area contributed by atoms with Crippen LogP contribution in [0.25, 0.3) is 0 Å². The lowest BCUT2D eigenvalue weighted by atomic mass is 9.77. The van der Waals surface area contributed by atoms with E-state index in [2.05, 4.69) is 9.98 Å². The number of benzene rings is 1. The number of nitrogens with zero attached hydrogens (tertiary/aromatic N) is 2. The average molecular weight is 304 g/mol. The molecule has 1 fully saturated rings. The fraction of sp³-hybridized carbons (Fsp3) is 0.429. The number of rotatable bonds is 3. The molecular weight excluding hydrogens is 290 g/mol. The Morgan fingerprint density at radius 2 is 1.59 bits per heavy atom. The second kappa shape index (κ2) is 5.59. The Hall–Kier alpha value is -2.11. The average Bonchev–Trinajstić information content (AvgIpc) is 2.63. The molecule has 1 aliphatic rings. The van der Waals surface area contributed by atoms with Crippen molar-refractivity contribution >= 4 is 36.1 Å². The molecule has 22 heavy (non-hydrogen) atoms. The topological polar surface area (TPSA) is 77.3 Å². The molecule has 0 N–H and O–H groups in total. The number of aliphatic imine (C=N–C) groups is 2. The summed E-state index contributed by atoms with van der Waals surface area (Å²) >= 11 is 0. The molecule has 6 nitrogen and oxygen atoms in total. The Labute approximate surface area is 127 Å². The molecule has 0 aromatic heterocycles. The quantitative estimate of drug-likeness (QED) is 0.486. The Morgan fingerprint density at radius 1 is 1.05 bits per heavy atom. The van der Waals surface area contributed by atoms with Crippen molar-refractivity contribution in [3.8, 4) is 0 Å². The highest BCUT2D eigenvalue weighted by molar-refractivity contribution is 6.63. The molecule has 1 heterocycles. The number of hydrogen-bond donors (Lipinski definition) is 0. The van der Waals surface area contributed by atoms with Crippen molar-refractivity contribution in [3.05, 3.63) is 17.9 Å². The lowest BCUT2D eigenvalue weighted by Gasteiger charge is -2.32. The van der Waals surface area contributed by atoms with Gasteiger partial charge in [0.25, 0.3) is 0 Å². The van der Waals surface area contributed by atoms with Crippen molar-refractivity contribution in [1.82, 2.24) is 0 Å². The van der Waals surface area contributed by atoms with Crippen LogP contribution >= 0.6 is 0 Å². The minimum Gasteiger partial charge on any atom is -0.399 e. The van der Waals surface area contributed by atoms with E-state index >= 15 is 0 Å². The summed E-state index contributed by atoms with van der Waals surface area (Å²) in [6.07, 6.45) is 2.52. The molecule has 0 spiro atoms. The number of isocyanates is 2. The maximum atomic E-state index is 14.3. The van der Waals surface area contributed by atoms with Crippen molar-refractivity contribution in [1.29, 1.82) is 0 Å². The lowest BCUT2D eigenvalue weighted by Crippen LogP contribution is -2.41. The van der Waals surface area contributed by atoms with E-state index in [-0.39, 0.29) is 16.8 Å². The van der Waals surface area contributed by atoms with Gasteiger partial charge < -0.3 is 9.31 Å². The Kier molecular flexibility index (Phi) is 4.14. The molecule has 1 aromatic carbocycles. The van der Waals surface area contributed by atoms with E-state index in [9.17, 15) is 14.0 Å². The predicted molar refractivity (Wildman–Crippen MR) is 77.7 cm³/mol. The smallest absolute Gasteiger partial charge is 0.399 e. The molecule has 0 radical (unpaired) electrons. The van der Waals surface area contributed by atoms with Crippen molar-refractivity contribution in [2.45, 2.75) is 38.9 Å². The summed E-state index contributed by atoms with van der Waals surface area (Å²) in [5.41, 5.74) is -1.62. The standard InChI is InChI=1S/C14H14BFN2O4/c1-13(2)14(3,4)22-15(21-13)9-5-6-10(17-7-19)11(16)12(9)18-8-20/h5-6H,1-4H3. The summed E-state index contributed by atoms with van der Waals surface area (Å²) in [6.45, 7) is 7.38. The molecule has 1 aliphatic heterocycles. The third-order valence-electron chi connectivity index (χ3n) is 3.96. The van der Waals surface area contributed by atoms with E-state index in [4.69, 9.17) is 9.31 Å². The van der Waals surface area contributed by atoms with Gasteiger partial charge in [0.15, 0.2) is 5.82 Å². The molecule has 0 atom stereocenters. The van der Waals surface area contributed by atoms with Gasteiger partial charge in [-0.2, -0.15) is 9.98 Å². The minimum atomic E-state index is -0.932. The molecule has 0 saturated carbocycles. The number of halogens is 1. The second-order valence-corrected chi connectivity index (χ2v) is 5.83. The van der Waals surface area contributed by atoms with E-state index < -0.39 is 24.1 Å². The maximum absolute atomic E-state index is 14.3. The molecule has 2 rings (SSSR count). The van der Waals surface area contributed by atoms with Gasteiger partial charge >= 0.3 is 7.12 Å². The zero-order valence-electron chi connectivity index (χ0n) is 12.6. The van der Waals surface area contributed by atoms with E-state index in [0.29, 0.717) is 0 Å². The molecular formula is C14H14BFN2O4. The molecule has 0 amide bonds. The molecule has 0 unspecified atom stereocenters. The predicted octanol–water partition coefficient (Wildman–Crippen LogP) is 2.06. The van der Waals surface area contributed by atoms with Crippen molar-refractivity contribution in [2.24, 2.45) is 9.98 Å². The lowest BCUT2D eigenvalue weighted by molar-refractivity contribution is 0.00578. The van der Waals surface area contributed by atoms with E-state index in [1.165, 1.54) is 24.3 Å². The van der Waals surface area contributed by atoms with Crippen LogP contribution in [0.4, 0.5) is 15.8 Å². The number of hydrogen-bond acceptors (Lipinski definition) is 6. The first kappa shape index (κ1) is 16.3. The zero-order chi connectivity index (χ0) is 16.5. The summed E-state index contributed by atoms with van der Waals surface area (Å²) in [5.74, 6) is -0.932. The summed E-state index contributed by atoms with van der Waals surface area (Å²) < 4.78 is 25.9. The van der Waals surface area contributed by atoms with Crippen LogP contribution in [0.3, 0.4) is 0 Å². The van der Waals surface area contributed by atoms with Crippen LogP contribution in [-0.2, 0) is 18.9 Å². The van der Waals surface area contributed by atoms with E-state index in [0.717, 1.165) is 0 Å². The van der Waals surface area contributed by atoms with Crippen molar-refractivity contribution < 1.29 is 23.3 Å². The Bertz CT molecular complexity index is 691. The largest absolute Gasteiger partial charge is 0.497 e. The van der Waals surface area contributed by atoms with Crippen molar-refractivity contribution in [2.75, 3.05) is 0 Å². The molecule has 1 aromatic rings. The van der Waals surface area contributed by atoms with Crippen LogP contribution in [0.15, 0.2) is 22.1 Å². The molecule has 0 bridgehead atoms. The van der Waals surface area contributed by atoms with Gasteiger partial charge in [0.05, 0.1) is 11.2 Å². The van der Waals surface area contributed by atoms with Crippen LogP contribution in [0.5, 0.6) is 0 Å². The van der Waals surface area contributed by atoms with Crippen LogP contribution in [0.2, 0.25) is 0 Å². The Morgan fingerprint density at radius 3 is 2.09 bits per heavy atom. The molecule has 0 aliphatic carbocycles. The third-order valence-corrected chi connectivity index (χ3v) is 3.96. The Balaban J connectivity index is 2.55. The van der Waals surface area contributed by atoms with Gasteiger partial charge in [0, 0.05) is 5.46 Å². The van der Waals surface area contributed by atoms with E-state index in [1.54, 1.807) is 0 Å². The first-order valence-electron chi connectivity index (χ1n) is 6.57. The van der Waals surface area contributed by atoms with Gasteiger partial charge in [-0.1, -0.05) is 6.07 Å². The van der Waals surface area contributed by atoms with Crippen molar-refractivity contribution in [3.63, 3.8) is 0 Å². The van der Waals surface area contributed by atoms with E-state index in [1.807, 2.05) is 27.7 Å². The van der Waals surface area contributed by atoms with Crippen LogP contribution in [0, 0.1) is 5.82 Å². The second-order valence-electron chi connectivity index (χ2n) is 5.83. The summed E-state index contributed by atoms with van der Waals surface area (Å²) in [7, 11) is -0.902. The van der Waals surface area contributed by atoms with Gasteiger partial charge in [-0.25, -0.2) is 14.0 Å². The summed E-state index contributed by atoms with van der Waals surface area (Å²) in [6, 6.07) is 2.71. The van der Waals surface area contributed by atoms with Gasteiger partial charge in [-0.3, -0.25) is 0 Å².